The Morgan fingerprint density at radius 1 is 1.12 bits per heavy atom. The molecule has 0 saturated carbocycles. The summed E-state index contributed by atoms with van der Waals surface area (Å²) in [6.45, 7) is 1.91. The van der Waals surface area contributed by atoms with Crippen molar-refractivity contribution in [2.24, 2.45) is 5.10 Å². The molecule has 2 aromatic heterocycles. The van der Waals surface area contributed by atoms with Crippen molar-refractivity contribution in [3.63, 3.8) is 0 Å². The number of para-hydroxylation sites is 2. The molecule has 0 atom stereocenters. The second kappa shape index (κ2) is 5.90. The minimum absolute atomic E-state index is 0.555. The number of benzene rings is 2. The van der Waals surface area contributed by atoms with Crippen LogP contribution in [0.25, 0.3) is 16.7 Å². The highest BCUT2D eigenvalue weighted by atomic mass is 35.5. The zero-order chi connectivity index (χ0) is 16.5. The van der Waals surface area contributed by atoms with Gasteiger partial charge in [0.1, 0.15) is 6.33 Å². The lowest BCUT2D eigenvalue weighted by Crippen LogP contribution is -2.03. The second-order valence-corrected chi connectivity index (χ2v) is 5.73. The Balaban J connectivity index is 1.74. The predicted molar refractivity (Wildman–Crippen MR) is 95.6 cm³/mol. The smallest absolute Gasteiger partial charge is 0.205 e. The van der Waals surface area contributed by atoms with Crippen molar-refractivity contribution in [3.8, 4) is 0 Å². The zero-order valence-electron chi connectivity index (χ0n) is 12.8. The van der Waals surface area contributed by atoms with Crippen LogP contribution in [0.4, 0.5) is 5.82 Å². The van der Waals surface area contributed by atoms with Crippen LogP contribution >= 0.6 is 11.6 Å². The van der Waals surface area contributed by atoms with Crippen molar-refractivity contribution < 1.29 is 0 Å². The van der Waals surface area contributed by atoms with Gasteiger partial charge in [0.15, 0.2) is 5.82 Å². The summed E-state index contributed by atoms with van der Waals surface area (Å²) in [6, 6.07) is 15.3. The molecule has 0 aliphatic carbocycles. The molecular weight excluding hydrogens is 324 g/mol. The highest BCUT2D eigenvalue weighted by Gasteiger charge is 2.09. The lowest BCUT2D eigenvalue weighted by Gasteiger charge is -2.07. The lowest BCUT2D eigenvalue weighted by atomic mass is 10.1. The van der Waals surface area contributed by atoms with Gasteiger partial charge in [-0.25, -0.2) is 4.98 Å². The average Bonchev–Trinajstić information content (AvgIpc) is 3.10. The maximum absolute atomic E-state index is 5.91. The summed E-state index contributed by atoms with van der Waals surface area (Å²) < 4.78 is 1.89. The van der Waals surface area contributed by atoms with Gasteiger partial charge in [-0.1, -0.05) is 35.9 Å². The van der Waals surface area contributed by atoms with Gasteiger partial charge in [-0.2, -0.15) is 5.10 Å². The fourth-order valence-electron chi connectivity index (χ4n) is 2.47. The summed E-state index contributed by atoms with van der Waals surface area (Å²) >= 11 is 5.91. The largest absolute Gasteiger partial charge is 0.277 e. The van der Waals surface area contributed by atoms with Crippen LogP contribution in [0.5, 0.6) is 0 Å². The van der Waals surface area contributed by atoms with Gasteiger partial charge in [0.25, 0.3) is 0 Å². The minimum atomic E-state index is 0.555. The molecule has 2 aromatic carbocycles. The number of nitrogens with zero attached hydrogens (tertiary/aromatic N) is 5. The topological polar surface area (TPSA) is 67.5 Å². The van der Waals surface area contributed by atoms with Crippen molar-refractivity contribution in [2.75, 3.05) is 5.43 Å². The minimum Gasteiger partial charge on any atom is -0.277 e. The summed E-state index contributed by atoms with van der Waals surface area (Å²) in [6.07, 6.45) is 1.67. The molecule has 0 spiro atoms. The van der Waals surface area contributed by atoms with Crippen LogP contribution in [-0.4, -0.2) is 25.3 Å². The second-order valence-electron chi connectivity index (χ2n) is 5.29. The Morgan fingerprint density at radius 3 is 2.75 bits per heavy atom. The van der Waals surface area contributed by atoms with Gasteiger partial charge in [-0.15, -0.1) is 10.2 Å². The molecule has 24 heavy (non-hydrogen) atoms. The van der Waals surface area contributed by atoms with Crippen LogP contribution in [0.3, 0.4) is 0 Å². The molecule has 1 N–H and O–H groups in total. The van der Waals surface area contributed by atoms with Gasteiger partial charge in [-0.3, -0.25) is 9.83 Å². The number of rotatable bonds is 3. The molecule has 0 radical (unpaired) electrons. The number of anilines is 1. The van der Waals surface area contributed by atoms with Gasteiger partial charge in [-0.05, 0) is 36.8 Å². The molecule has 6 nitrogen and oxygen atoms in total. The first-order chi connectivity index (χ1) is 11.7. The van der Waals surface area contributed by atoms with Crippen molar-refractivity contribution in [1.29, 1.82) is 0 Å². The van der Waals surface area contributed by atoms with Gasteiger partial charge in [0.05, 0.1) is 16.7 Å². The maximum atomic E-state index is 5.91. The first kappa shape index (κ1) is 14.6. The van der Waals surface area contributed by atoms with E-state index in [0.29, 0.717) is 16.5 Å². The van der Waals surface area contributed by atoms with E-state index in [1.807, 2.05) is 59.9 Å². The molecule has 2 heterocycles. The van der Waals surface area contributed by atoms with Gasteiger partial charge in [0, 0.05) is 5.02 Å². The van der Waals surface area contributed by atoms with Crippen molar-refractivity contribution >= 4 is 39.8 Å². The Morgan fingerprint density at radius 2 is 1.92 bits per heavy atom. The Hall–Kier alpha value is -2.99. The van der Waals surface area contributed by atoms with Crippen molar-refractivity contribution in [3.05, 3.63) is 65.4 Å². The third kappa shape index (κ3) is 2.57. The van der Waals surface area contributed by atoms with Gasteiger partial charge in [0.2, 0.25) is 5.65 Å². The lowest BCUT2D eigenvalue weighted by molar-refractivity contribution is 1.11. The Kier molecular flexibility index (Phi) is 3.59. The molecule has 0 aliphatic rings. The summed E-state index contributed by atoms with van der Waals surface area (Å²) in [5.74, 6) is 0.555. The molecule has 0 aliphatic heterocycles. The number of nitrogens with one attached hydrogen (secondary N) is 1. The first-order valence-electron chi connectivity index (χ1n) is 7.37. The Labute approximate surface area is 142 Å². The molecular formula is C17H13ClN6. The standard InChI is InChI=1S/C17H13ClN6/c1-11(12-6-8-13(18)9-7-12)21-22-16-17-23-19-10-24(17)15-5-3-2-4-14(15)20-16/h2-10H,1H3,(H,20,22). The number of hydrogen-bond acceptors (Lipinski definition) is 5. The highest BCUT2D eigenvalue weighted by molar-refractivity contribution is 6.30. The number of fused-ring (bicyclic) bond motifs is 3. The number of aromatic nitrogens is 4. The SMILES string of the molecule is CC(=NNc1nc2ccccc2n2cnnc12)c1ccc(Cl)cc1. The molecule has 118 valence electrons. The zero-order valence-corrected chi connectivity index (χ0v) is 13.6. The molecule has 7 heteroatoms. The molecule has 0 bridgehead atoms. The molecule has 0 amide bonds. The number of halogens is 1. The summed E-state index contributed by atoms with van der Waals surface area (Å²) in [4.78, 5) is 4.59. The van der Waals surface area contributed by atoms with E-state index in [9.17, 15) is 0 Å². The van der Waals surface area contributed by atoms with E-state index in [-0.39, 0.29) is 0 Å². The van der Waals surface area contributed by atoms with Crippen molar-refractivity contribution in [1.82, 2.24) is 19.6 Å². The van der Waals surface area contributed by atoms with Crippen LogP contribution < -0.4 is 5.43 Å². The fraction of sp³-hybridized carbons (Fsp3) is 0.0588. The maximum Gasteiger partial charge on any atom is 0.205 e. The van der Waals surface area contributed by atoms with Gasteiger partial charge < -0.3 is 0 Å². The third-order valence-electron chi connectivity index (χ3n) is 3.72. The summed E-state index contributed by atoms with van der Waals surface area (Å²) in [5.41, 5.74) is 7.21. The van der Waals surface area contributed by atoms with E-state index >= 15 is 0 Å². The molecule has 0 unspecified atom stereocenters. The predicted octanol–water partition coefficient (Wildman–Crippen LogP) is 3.77. The van der Waals surface area contributed by atoms with E-state index in [0.717, 1.165) is 22.3 Å². The molecule has 0 saturated heterocycles. The monoisotopic (exact) mass is 336 g/mol. The van der Waals surface area contributed by atoms with Crippen LogP contribution in [0.2, 0.25) is 5.02 Å². The van der Waals surface area contributed by atoms with Crippen LogP contribution in [0, 0.1) is 0 Å². The molecule has 4 aromatic rings. The fourth-order valence-corrected chi connectivity index (χ4v) is 2.60. The van der Waals surface area contributed by atoms with Crippen molar-refractivity contribution in [2.45, 2.75) is 6.92 Å². The molecule has 4 rings (SSSR count). The number of hydrogen-bond donors (Lipinski definition) is 1. The third-order valence-corrected chi connectivity index (χ3v) is 3.98. The normalized spacial score (nSPS) is 12.0. The Bertz CT molecular complexity index is 1050. The van der Waals surface area contributed by atoms with Crippen LogP contribution in [0.1, 0.15) is 12.5 Å². The summed E-state index contributed by atoms with van der Waals surface area (Å²) in [7, 11) is 0. The summed E-state index contributed by atoms with van der Waals surface area (Å²) in [5, 5.41) is 13.2. The molecule has 0 fully saturated rings. The average molecular weight is 337 g/mol. The van der Waals surface area contributed by atoms with Crippen LogP contribution in [-0.2, 0) is 0 Å². The highest BCUT2D eigenvalue weighted by Crippen LogP contribution is 2.20. The van der Waals surface area contributed by atoms with E-state index in [4.69, 9.17) is 11.6 Å². The van der Waals surface area contributed by atoms with Crippen LogP contribution in [0.15, 0.2) is 60.0 Å². The number of hydrazone groups is 1. The van der Waals surface area contributed by atoms with E-state index in [2.05, 4.69) is 25.7 Å². The van der Waals surface area contributed by atoms with Gasteiger partial charge >= 0.3 is 0 Å². The van der Waals surface area contributed by atoms with E-state index in [1.165, 1.54) is 0 Å². The van der Waals surface area contributed by atoms with E-state index in [1.54, 1.807) is 6.33 Å². The first-order valence-corrected chi connectivity index (χ1v) is 7.75. The quantitative estimate of drug-likeness (QED) is 0.457. The van der Waals surface area contributed by atoms with E-state index < -0.39 is 0 Å².